The number of nitrogens with one attached hydrogen (secondary N) is 1. The summed E-state index contributed by atoms with van der Waals surface area (Å²) in [6.45, 7) is 5.63. The third-order valence-corrected chi connectivity index (χ3v) is 5.68. The van der Waals surface area contributed by atoms with E-state index in [2.05, 4.69) is 18.8 Å². The predicted octanol–water partition coefficient (Wildman–Crippen LogP) is 3.60. The van der Waals surface area contributed by atoms with E-state index in [1.54, 1.807) is 6.20 Å². The van der Waals surface area contributed by atoms with Crippen LogP contribution in [-0.2, 0) is 0 Å². The first kappa shape index (κ1) is 15.6. The van der Waals surface area contributed by atoms with E-state index < -0.39 is 0 Å². The molecule has 1 aliphatic rings. The van der Waals surface area contributed by atoms with Crippen molar-refractivity contribution in [1.82, 2.24) is 9.88 Å². The molecule has 118 valence electrons. The average molecular weight is 338 g/mol. The van der Waals surface area contributed by atoms with E-state index in [0.717, 1.165) is 21.2 Å². The average Bonchev–Trinajstić information content (AvgIpc) is 3.09. The summed E-state index contributed by atoms with van der Waals surface area (Å²) in [5.74, 6) is 0.0562. The molecule has 1 amide bonds. The smallest absolute Gasteiger partial charge is 0.256 e. The van der Waals surface area contributed by atoms with Crippen LogP contribution < -0.4 is 5.73 Å². The Hall–Kier alpha value is -1.30. The molecule has 0 saturated carbocycles. The van der Waals surface area contributed by atoms with Gasteiger partial charge < -0.3 is 15.6 Å². The van der Waals surface area contributed by atoms with E-state index in [-0.39, 0.29) is 17.4 Å². The lowest BCUT2D eigenvalue weighted by Gasteiger charge is -2.42. The Morgan fingerprint density at radius 3 is 2.86 bits per heavy atom. The number of hydrogen-bond donors (Lipinski definition) is 2. The van der Waals surface area contributed by atoms with Crippen LogP contribution >= 0.6 is 22.9 Å². The molecule has 1 aliphatic heterocycles. The summed E-state index contributed by atoms with van der Waals surface area (Å²) < 4.78 is 0.722. The van der Waals surface area contributed by atoms with Crippen LogP contribution in [0.3, 0.4) is 0 Å². The lowest BCUT2D eigenvalue weighted by atomic mass is 9.79. The number of likely N-dealkylation sites (tertiary alicyclic amines) is 1. The van der Waals surface area contributed by atoms with Crippen molar-refractivity contribution < 1.29 is 4.79 Å². The fraction of sp³-hybridized carbons (Fsp3) is 0.438. The summed E-state index contributed by atoms with van der Waals surface area (Å²) in [4.78, 5) is 18.9. The molecule has 4 nitrogen and oxygen atoms in total. The third kappa shape index (κ3) is 2.81. The number of aromatic amines is 1. The molecule has 0 aromatic carbocycles. The van der Waals surface area contributed by atoms with E-state index in [9.17, 15) is 4.79 Å². The normalized spacial score (nSPS) is 21.1. The zero-order valence-corrected chi connectivity index (χ0v) is 14.3. The van der Waals surface area contributed by atoms with E-state index >= 15 is 0 Å². The minimum Gasteiger partial charge on any atom is -0.366 e. The summed E-state index contributed by atoms with van der Waals surface area (Å²) >= 11 is 7.49. The number of aromatic nitrogens is 1. The van der Waals surface area contributed by atoms with Gasteiger partial charge >= 0.3 is 0 Å². The molecule has 2 aromatic heterocycles. The molecule has 1 saturated heterocycles. The van der Waals surface area contributed by atoms with Gasteiger partial charge in [0.25, 0.3) is 5.91 Å². The number of halogens is 1. The standard InChI is InChI=1S/C16H20ClN3OS/c1-16(2)9-20(6-5-13(16)18)15(21)11-8-19-7-10(11)12-3-4-14(17)22-12/h3-4,7-8,13,19H,5-6,9,18H2,1-2H3. The van der Waals surface area contributed by atoms with E-state index in [1.807, 2.05) is 23.2 Å². The molecule has 1 unspecified atom stereocenters. The first-order chi connectivity index (χ1) is 10.4. The summed E-state index contributed by atoms with van der Waals surface area (Å²) in [5.41, 5.74) is 7.71. The maximum Gasteiger partial charge on any atom is 0.256 e. The van der Waals surface area contributed by atoms with Gasteiger partial charge in [-0.2, -0.15) is 0 Å². The number of thiophene rings is 1. The van der Waals surface area contributed by atoms with Crippen LogP contribution in [0, 0.1) is 5.41 Å². The highest BCUT2D eigenvalue weighted by Crippen LogP contribution is 2.35. The molecule has 0 bridgehead atoms. The molecule has 0 radical (unpaired) electrons. The second kappa shape index (κ2) is 5.72. The van der Waals surface area contributed by atoms with E-state index in [4.69, 9.17) is 17.3 Å². The minimum atomic E-state index is -0.0589. The second-order valence-corrected chi connectivity index (χ2v) is 8.21. The van der Waals surface area contributed by atoms with Crippen molar-refractivity contribution in [3.05, 3.63) is 34.4 Å². The molecule has 0 aliphatic carbocycles. The highest BCUT2D eigenvalue weighted by molar-refractivity contribution is 7.19. The van der Waals surface area contributed by atoms with Gasteiger partial charge in [0.1, 0.15) is 0 Å². The van der Waals surface area contributed by atoms with Gasteiger partial charge in [0.05, 0.1) is 9.90 Å². The van der Waals surface area contributed by atoms with Gasteiger partial charge in [0.15, 0.2) is 0 Å². The van der Waals surface area contributed by atoms with Crippen LogP contribution in [0.25, 0.3) is 10.4 Å². The van der Waals surface area contributed by atoms with Gasteiger partial charge in [-0.25, -0.2) is 0 Å². The van der Waals surface area contributed by atoms with Crippen LogP contribution in [0.15, 0.2) is 24.5 Å². The van der Waals surface area contributed by atoms with Crippen molar-refractivity contribution >= 4 is 28.8 Å². The molecule has 3 N–H and O–H groups in total. The van der Waals surface area contributed by atoms with Crippen molar-refractivity contribution in [3.63, 3.8) is 0 Å². The number of H-pyrrole nitrogens is 1. The van der Waals surface area contributed by atoms with Crippen molar-refractivity contribution in [2.24, 2.45) is 11.1 Å². The maximum atomic E-state index is 12.9. The molecule has 3 heterocycles. The number of hydrogen-bond acceptors (Lipinski definition) is 3. The van der Waals surface area contributed by atoms with Gasteiger partial charge in [0, 0.05) is 42.0 Å². The van der Waals surface area contributed by atoms with Gasteiger partial charge in [-0.15, -0.1) is 11.3 Å². The maximum absolute atomic E-state index is 12.9. The quantitative estimate of drug-likeness (QED) is 0.879. The lowest BCUT2D eigenvalue weighted by molar-refractivity contribution is 0.0534. The summed E-state index contributed by atoms with van der Waals surface area (Å²) in [6.07, 6.45) is 4.46. The van der Waals surface area contributed by atoms with Crippen LogP contribution in [0.1, 0.15) is 30.6 Å². The number of piperidine rings is 1. The molecular formula is C16H20ClN3OS. The molecule has 6 heteroatoms. The number of amides is 1. The largest absolute Gasteiger partial charge is 0.366 e. The number of nitrogens with zero attached hydrogens (tertiary/aromatic N) is 1. The Kier molecular flexibility index (Phi) is 4.05. The molecule has 22 heavy (non-hydrogen) atoms. The summed E-state index contributed by atoms with van der Waals surface area (Å²) in [5, 5.41) is 0. The van der Waals surface area contributed by atoms with E-state index in [1.165, 1.54) is 11.3 Å². The number of carbonyl (C=O) groups excluding carboxylic acids is 1. The third-order valence-electron chi connectivity index (χ3n) is 4.41. The van der Waals surface area contributed by atoms with Crippen molar-refractivity contribution in [2.45, 2.75) is 26.3 Å². The molecule has 1 atom stereocenters. The van der Waals surface area contributed by atoms with E-state index in [0.29, 0.717) is 18.7 Å². The highest BCUT2D eigenvalue weighted by Gasteiger charge is 2.36. The van der Waals surface area contributed by atoms with Gasteiger partial charge in [-0.3, -0.25) is 4.79 Å². The van der Waals surface area contributed by atoms with Crippen molar-refractivity contribution in [1.29, 1.82) is 0 Å². The van der Waals surface area contributed by atoms with Gasteiger partial charge in [0.2, 0.25) is 0 Å². The van der Waals surface area contributed by atoms with Crippen LogP contribution in [0.4, 0.5) is 0 Å². The monoisotopic (exact) mass is 337 g/mol. The molecule has 1 fully saturated rings. The SMILES string of the molecule is CC1(C)CN(C(=O)c2c[nH]cc2-c2ccc(Cl)s2)CCC1N. The zero-order chi connectivity index (χ0) is 15.9. The number of carbonyl (C=O) groups is 1. The van der Waals surface area contributed by atoms with Crippen molar-refractivity contribution in [3.8, 4) is 10.4 Å². The predicted molar refractivity (Wildman–Crippen MR) is 91.4 cm³/mol. The van der Waals surface area contributed by atoms with Gasteiger partial charge in [-0.1, -0.05) is 25.4 Å². The first-order valence-corrected chi connectivity index (χ1v) is 8.55. The fourth-order valence-electron chi connectivity index (χ4n) is 2.92. The minimum absolute atomic E-state index is 0.0562. The Morgan fingerprint density at radius 1 is 1.45 bits per heavy atom. The Bertz CT molecular complexity index is 691. The topological polar surface area (TPSA) is 62.1 Å². The Labute approximate surface area is 139 Å². The van der Waals surface area contributed by atoms with Crippen LogP contribution in [0.5, 0.6) is 0 Å². The van der Waals surface area contributed by atoms with Gasteiger partial charge in [-0.05, 0) is 24.0 Å². The molecular weight excluding hydrogens is 318 g/mol. The fourth-order valence-corrected chi connectivity index (χ4v) is 3.99. The van der Waals surface area contributed by atoms with Crippen LogP contribution in [0.2, 0.25) is 4.34 Å². The van der Waals surface area contributed by atoms with Crippen molar-refractivity contribution in [2.75, 3.05) is 13.1 Å². The Balaban J connectivity index is 1.86. The summed E-state index contributed by atoms with van der Waals surface area (Å²) in [6, 6.07) is 3.94. The van der Waals surface area contributed by atoms with Crippen LogP contribution in [-0.4, -0.2) is 34.9 Å². The molecule has 2 aromatic rings. The first-order valence-electron chi connectivity index (χ1n) is 7.36. The Morgan fingerprint density at radius 2 is 2.23 bits per heavy atom. The lowest BCUT2D eigenvalue weighted by Crippen LogP contribution is -2.54. The zero-order valence-electron chi connectivity index (χ0n) is 12.7. The second-order valence-electron chi connectivity index (χ2n) is 6.50. The number of rotatable bonds is 2. The highest BCUT2D eigenvalue weighted by atomic mass is 35.5. The summed E-state index contributed by atoms with van der Waals surface area (Å²) in [7, 11) is 0. The number of nitrogens with two attached hydrogens (primary N) is 1. The molecule has 0 spiro atoms. The molecule has 3 rings (SSSR count).